The molecule has 0 atom stereocenters. The number of fused-ring (bicyclic) bond motifs is 1. The van der Waals surface area contributed by atoms with E-state index in [2.05, 4.69) is 39.7 Å². The molecule has 0 spiro atoms. The number of imidazole rings is 1. The molecule has 2 aromatic rings. The Morgan fingerprint density at radius 1 is 1.35 bits per heavy atom. The topological polar surface area (TPSA) is 57.8 Å². The lowest BCUT2D eigenvalue weighted by Crippen LogP contribution is -2.35. The van der Waals surface area contributed by atoms with Crippen LogP contribution in [-0.2, 0) is 11.3 Å². The van der Waals surface area contributed by atoms with Crippen LogP contribution < -0.4 is 0 Å². The van der Waals surface area contributed by atoms with Gasteiger partial charge in [-0.1, -0.05) is 6.07 Å². The fourth-order valence-electron chi connectivity index (χ4n) is 2.80. The van der Waals surface area contributed by atoms with E-state index in [1.54, 1.807) is 0 Å². The van der Waals surface area contributed by atoms with Gasteiger partial charge in [-0.3, -0.25) is 9.69 Å². The molecule has 0 amide bonds. The summed E-state index contributed by atoms with van der Waals surface area (Å²) in [5, 5.41) is 9.00. The van der Waals surface area contributed by atoms with Gasteiger partial charge in [0.1, 0.15) is 5.65 Å². The van der Waals surface area contributed by atoms with Crippen LogP contribution in [0.1, 0.15) is 24.1 Å². The molecule has 3 rings (SSSR count). The second kappa shape index (κ2) is 5.25. The molecule has 2 aromatic heterocycles. The zero-order chi connectivity index (χ0) is 14.1. The normalized spacial score (nSPS) is 17.6. The number of carbonyl (C=O) groups is 1. The summed E-state index contributed by atoms with van der Waals surface area (Å²) in [5.41, 5.74) is 3.22. The number of hydrogen-bond donors (Lipinski definition) is 1. The summed E-state index contributed by atoms with van der Waals surface area (Å²) in [7, 11) is 0. The smallest absolute Gasteiger partial charge is 0.306 e. The van der Waals surface area contributed by atoms with E-state index in [0.29, 0.717) is 0 Å². The van der Waals surface area contributed by atoms with Crippen molar-refractivity contribution in [2.45, 2.75) is 26.3 Å². The molecule has 1 fully saturated rings. The van der Waals surface area contributed by atoms with E-state index < -0.39 is 5.97 Å². The van der Waals surface area contributed by atoms with Crippen molar-refractivity contribution in [1.82, 2.24) is 14.3 Å². The minimum absolute atomic E-state index is 0.171. The third kappa shape index (κ3) is 2.67. The highest BCUT2D eigenvalue weighted by Crippen LogP contribution is 2.19. The van der Waals surface area contributed by atoms with Gasteiger partial charge in [0.25, 0.3) is 0 Å². The van der Waals surface area contributed by atoms with E-state index in [1.807, 2.05) is 6.07 Å². The maximum absolute atomic E-state index is 10.9. The van der Waals surface area contributed by atoms with E-state index in [-0.39, 0.29) is 5.92 Å². The molecule has 20 heavy (non-hydrogen) atoms. The third-order valence-corrected chi connectivity index (χ3v) is 3.97. The molecule has 0 saturated carbocycles. The van der Waals surface area contributed by atoms with E-state index in [4.69, 9.17) is 5.11 Å². The zero-order valence-electron chi connectivity index (χ0n) is 11.6. The minimum atomic E-state index is -0.659. The number of nitrogens with zero attached hydrogens (tertiary/aromatic N) is 3. The van der Waals surface area contributed by atoms with Crippen molar-refractivity contribution in [3.8, 4) is 0 Å². The first-order chi connectivity index (χ1) is 9.61. The van der Waals surface area contributed by atoms with Gasteiger partial charge in [-0.15, -0.1) is 0 Å². The van der Waals surface area contributed by atoms with Crippen molar-refractivity contribution < 1.29 is 9.90 Å². The first-order valence-corrected chi connectivity index (χ1v) is 7.01. The van der Waals surface area contributed by atoms with Gasteiger partial charge in [0.15, 0.2) is 0 Å². The van der Waals surface area contributed by atoms with Crippen LogP contribution in [0.25, 0.3) is 5.65 Å². The first-order valence-electron chi connectivity index (χ1n) is 7.01. The monoisotopic (exact) mass is 273 g/mol. The van der Waals surface area contributed by atoms with Crippen LogP contribution in [0.3, 0.4) is 0 Å². The lowest BCUT2D eigenvalue weighted by Gasteiger charge is -2.29. The number of hydrogen-bond acceptors (Lipinski definition) is 3. The van der Waals surface area contributed by atoms with Gasteiger partial charge >= 0.3 is 5.97 Å². The Hall–Kier alpha value is -1.88. The van der Waals surface area contributed by atoms with Gasteiger partial charge in [0.2, 0.25) is 0 Å². The number of carboxylic acids is 1. The highest BCUT2D eigenvalue weighted by molar-refractivity contribution is 5.70. The van der Waals surface area contributed by atoms with Gasteiger partial charge in [0.05, 0.1) is 11.6 Å². The average molecular weight is 273 g/mol. The van der Waals surface area contributed by atoms with Crippen LogP contribution in [0.2, 0.25) is 0 Å². The SMILES string of the molecule is Cc1ccc2nc(CN3CCC(C(=O)O)CC3)cn2c1. The number of rotatable bonds is 3. The number of aryl methyl sites for hydroxylation is 1. The van der Waals surface area contributed by atoms with Crippen molar-refractivity contribution in [3.05, 3.63) is 35.8 Å². The second-order valence-electron chi connectivity index (χ2n) is 5.59. The Bertz CT molecular complexity index is 627. The highest BCUT2D eigenvalue weighted by atomic mass is 16.4. The summed E-state index contributed by atoms with van der Waals surface area (Å²) in [6.07, 6.45) is 5.61. The Morgan fingerprint density at radius 2 is 2.10 bits per heavy atom. The molecule has 0 bridgehead atoms. The van der Waals surface area contributed by atoms with Gasteiger partial charge in [0, 0.05) is 18.9 Å². The third-order valence-electron chi connectivity index (χ3n) is 3.97. The van der Waals surface area contributed by atoms with Crippen LogP contribution in [0.5, 0.6) is 0 Å². The predicted octanol–water partition coefficient (Wildman–Crippen LogP) is 1.94. The molecule has 1 N–H and O–H groups in total. The summed E-state index contributed by atoms with van der Waals surface area (Å²) in [6.45, 7) is 4.54. The van der Waals surface area contributed by atoms with Crippen LogP contribution >= 0.6 is 0 Å². The molecule has 0 radical (unpaired) electrons. The molecule has 3 heterocycles. The summed E-state index contributed by atoms with van der Waals surface area (Å²) in [4.78, 5) is 17.8. The van der Waals surface area contributed by atoms with Gasteiger partial charge in [-0.05, 0) is 44.5 Å². The van der Waals surface area contributed by atoms with Crippen LogP contribution in [0, 0.1) is 12.8 Å². The molecular weight excluding hydrogens is 254 g/mol. The maximum Gasteiger partial charge on any atom is 0.306 e. The molecule has 0 aromatic carbocycles. The average Bonchev–Trinajstić information content (AvgIpc) is 2.80. The number of carboxylic acid groups (broad SMARTS) is 1. The zero-order valence-corrected chi connectivity index (χ0v) is 11.6. The van der Waals surface area contributed by atoms with Crippen molar-refractivity contribution in [2.75, 3.05) is 13.1 Å². The number of aromatic nitrogens is 2. The molecule has 1 aliphatic rings. The highest BCUT2D eigenvalue weighted by Gasteiger charge is 2.24. The van der Waals surface area contributed by atoms with E-state index in [0.717, 1.165) is 43.8 Å². The number of likely N-dealkylation sites (tertiary alicyclic amines) is 1. The van der Waals surface area contributed by atoms with E-state index in [9.17, 15) is 4.79 Å². The molecule has 0 aliphatic carbocycles. The van der Waals surface area contributed by atoms with Crippen molar-refractivity contribution >= 4 is 11.6 Å². The summed E-state index contributed by atoms with van der Waals surface area (Å²) >= 11 is 0. The second-order valence-corrected chi connectivity index (χ2v) is 5.59. The van der Waals surface area contributed by atoms with E-state index in [1.165, 1.54) is 5.56 Å². The Kier molecular flexibility index (Phi) is 3.44. The predicted molar refractivity (Wildman–Crippen MR) is 75.6 cm³/mol. The molecule has 5 nitrogen and oxygen atoms in total. The number of pyridine rings is 1. The molecule has 0 unspecified atom stereocenters. The van der Waals surface area contributed by atoms with Gasteiger partial charge in [-0.2, -0.15) is 0 Å². The van der Waals surface area contributed by atoms with Gasteiger partial charge < -0.3 is 9.51 Å². The van der Waals surface area contributed by atoms with E-state index >= 15 is 0 Å². The lowest BCUT2D eigenvalue weighted by atomic mass is 9.97. The quantitative estimate of drug-likeness (QED) is 0.928. The van der Waals surface area contributed by atoms with Crippen LogP contribution in [-0.4, -0.2) is 38.4 Å². The molecule has 106 valence electrons. The Labute approximate surface area is 117 Å². The minimum Gasteiger partial charge on any atom is -0.481 e. The van der Waals surface area contributed by atoms with Crippen molar-refractivity contribution in [2.24, 2.45) is 5.92 Å². The molecule has 1 saturated heterocycles. The van der Waals surface area contributed by atoms with Crippen LogP contribution in [0.15, 0.2) is 24.5 Å². The van der Waals surface area contributed by atoms with Crippen molar-refractivity contribution in [1.29, 1.82) is 0 Å². The van der Waals surface area contributed by atoms with Crippen molar-refractivity contribution in [3.63, 3.8) is 0 Å². The number of aliphatic carboxylic acids is 1. The van der Waals surface area contributed by atoms with Gasteiger partial charge in [-0.25, -0.2) is 4.98 Å². The van der Waals surface area contributed by atoms with Crippen LogP contribution in [0.4, 0.5) is 0 Å². The summed E-state index contributed by atoms with van der Waals surface area (Å²) in [6, 6.07) is 4.08. The summed E-state index contributed by atoms with van der Waals surface area (Å²) < 4.78 is 2.05. The number of piperidine rings is 1. The molecule has 1 aliphatic heterocycles. The Balaban J connectivity index is 1.66. The first kappa shape index (κ1) is 13.1. The fraction of sp³-hybridized carbons (Fsp3) is 0.467. The molecular formula is C15H19N3O2. The largest absolute Gasteiger partial charge is 0.481 e. The lowest BCUT2D eigenvalue weighted by molar-refractivity contribution is -0.143. The molecule has 5 heteroatoms. The maximum atomic E-state index is 10.9. The standard InChI is InChI=1S/C15H19N3O2/c1-11-2-3-14-16-13(10-18(14)8-11)9-17-6-4-12(5-7-17)15(19)20/h2-3,8,10,12H,4-7,9H2,1H3,(H,19,20). The summed E-state index contributed by atoms with van der Waals surface area (Å²) in [5.74, 6) is -0.831. The fourth-order valence-corrected chi connectivity index (χ4v) is 2.80. The Morgan fingerprint density at radius 3 is 2.80 bits per heavy atom.